The van der Waals surface area contributed by atoms with Crippen molar-refractivity contribution in [3.05, 3.63) is 23.9 Å². The van der Waals surface area contributed by atoms with Crippen molar-refractivity contribution in [1.29, 1.82) is 0 Å². The average molecular weight is 278 g/mol. The molecule has 0 fully saturated rings. The highest BCUT2D eigenvalue weighted by molar-refractivity contribution is 5.96. The van der Waals surface area contributed by atoms with Gasteiger partial charge in [0.05, 0.1) is 0 Å². The summed E-state index contributed by atoms with van der Waals surface area (Å²) in [5.74, 6) is 0.0928. The predicted molar refractivity (Wildman–Crippen MR) is 78.6 cm³/mol. The van der Waals surface area contributed by atoms with E-state index in [9.17, 15) is 9.59 Å². The molecule has 110 valence electrons. The third kappa shape index (κ3) is 4.87. The van der Waals surface area contributed by atoms with Gasteiger partial charge in [0.2, 0.25) is 5.91 Å². The molecule has 0 aliphatic rings. The van der Waals surface area contributed by atoms with Gasteiger partial charge in [0.1, 0.15) is 17.6 Å². The van der Waals surface area contributed by atoms with Crippen LogP contribution in [0.25, 0.3) is 0 Å². The number of amides is 2. The van der Waals surface area contributed by atoms with E-state index in [0.717, 1.165) is 13.0 Å². The third-order valence-electron chi connectivity index (χ3n) is 2.63. The van der Waals surface area contributed by atoms with E-state index in [1.807, 2.05) is 13.8 Å². The van der Waals surface area contributed by atoms with Gasteiger partial charge in [-0.2, -0.15) is 0 Å². The third-order valence-corrected chi connectivity index (χ3v) is 2.63. The monoisotopic (exact) mass is 278 g/mol. The maximum absolute atomic E-state index is 12.0. The van der Waals surface area contributed by atoms with Gasteiger partial charge < -0.3 is 16.0 Å². The van der Waals surface area contributed by atoms with Gasteiger partial charge in [0, 0.05) is 13.1 Å². The summed E-state index contributed by atoms with van der Waals surface area (Å²) in [5.41, 5.74) is 0.290. The minimum Gasteiger partial charge on any atom is -0.370 e. The molecule has 3 N–H and O–H groups in total. The lowest BCUT2D eigenvalue weighted by atomic mass is 10.2. The molecule has 0 bridgehead atoms. The van der Waals surface area contributed by atoms with Crippen LogP contribution >= 0.6 is 0 Å². The highest BCUT2D eigenvalue weighted by Gasteiger charge is 2.16. The SMILES string of the molecule is CCCNC(=O)C(C)NC(=O)c1cccc(NCC)n1. The first-order valence-electron chi connectivity index (χ1n) is 6.88. The molecule has 6 nitrogen and oxygen atoms in total. The summed E-state index contributed by atoms with van der Waals surface area (Å²) in [4.78, 5) is 27.9. The maximum atomic E-state index is 12.0. The Bertz CT molecular complexity index is 462. The molecule has 1 rings (SSSR count). The Morgan fingerprint density at radius 2 is 2.05 bits per heavy atom. The fourth-order valence-electron chi connectivity index (χ4n) is 1.58. The number of anilines is 1. The minimum atomic E-state index is -0.585. The molecule has 0 saturated heterocycles. The minimum absolute atomic E-state index is 0.192. The van der Waals surface area contributed by atoms with E-state index in [4.69, 9.17) is 0 Å². The number of pyridine rings is 1. The van der Waals surface area contributed by atoms with E-state index < -0.39 is 6.04 Å². The van der Waals surface area contributed by atoms with Gasteiger partial charge in [0.15, 0.2) is 0 Å². The van der Waals surface area contributed by atoms with Crippen LogP contribution in [-0.2, 0) is 4.79 Å². The molecule has 0 aliphatic heterocycles. The number of aromatic nitrogens is 1. The van der Waals surface area contributed by atoms with Gasteiger partial charge in [0.25, 0.3) is 5.91 Å². The Morgan fingerprint density at radius 1 is 1.30 bits per heavy atom. The zero-order valence-corrected chi connectivity index (χ0v) is 12.2. The second-order valence-corrected chi connectivity index (χ2v) is 4.42. The van der Waals surface area contributed by atoms with Crippen molar-refractivity contribution in [2.45, 2.75) is 33.2 Å². The first kappa shape index (κ1) is 15.9. The Morgan fingerprint density at radius 3 is 2.70 bits per heavy atom. The lowest BCUT2D eigenvalue weighted by Crippen LogP contribution is -2.45. The predicted octanol–water partition coefficient (Wildman–Crippen LogP) is 1.16. The fraction of sp³-hybridized carbons (Fsp3) is 0.500. The molecule has 0 saturated carbocycles. The number of nitrogens with zero attached hydrogens (tertiary/aromatic N) is 1. The lowest BCUT2D eigenvalue weighted by Gasteiger charge is -2.13. The van der Waals surface area contributed by atoms with Crippen molar-refractivity contribution in [1.82, 2.24) is 15.6 Å². The van der Waals surface area contributed by atoms with E-state index in [1.54, 1.807) is 25.1 Å². The van der Waals surface area contributed by atoms with Crippen LogP contribution in [0.2, 0.25) is 0 Å². The van der Waals surface area contributed by atoms with E-state index in [-0.39, 0.29) is 11.8 Å². The van der Waals surface area contributed by atoms with Crippen LogP contribution in [-0.4, -0.2) is 35.9 Å². The summed E-state index contributed by atoms with van der Waals surface area (Å²) < 4.78 is 0. The molecule has 1 heterocycles. The molecule has 1 atom stereocenters. The summed E-state index contributed by atoms with van der Waals surface area (Å²) in [6.45, 7) is 6.91. The summed E-state index contributed by atoms with van der Waals surface area (Å²) in [7, 11) is 0. The first-order valence-corrected chi connectivity index (χ1v) is 6.88. The molecule has 2 amide bonds. The van der Waals surface area contributed by atoms with Crippen LogP contribution in [0.4, 0.5) is 5.82 Å². The summed E-state index contributed by atoms with van der Waals surface area (Å²) >= 11 is 0. The fourth-order valence-corrected chi connectivity index (χ4v) is 1.58. The lowest BCUT2D eigenvalue weighted by molar-refractivity contribution is -0.122. The number of nitrogens with one attached hydrogen (secondary N) is 3. The number of rotatable bonds is 7. The Kier molecular flexibility index (Phi) is 6.49. The summed E-state index contributed by atoms with van der Waals surface area (Å²) in [6.07, 6.45) is 0.860. The molecule has 1 aromatic heterocycles. The van der Waals surface area contributed by atoms with E-state index in [0.29, 0.717) is 18.1 Å². The van der Waals surface area contributed by atoms with Crippen LogP contribution in [0.1, 0.15) is 37.7 Å². The number of hydrogen-bond acceptors (Lipinski definition) is 4. The molecule has 20 heavy (non-hydrogen) atoms. The van der Waals surface area contributed by atoms with Crippen LogP contribution in [0.3, 0.4) is 0 Å². The zero-order chi connectivity index (χ0) is 15.0. The Balaban J connectivity index is 2.61. The average Bonchev–Trinajstić information content (AvgIpc) is 2.45. The smallest absolute Gasteiger partial charge is 0.270 e. The largest absolute Gasteiger partial charge is 0.370 e. The van der Waals surface area contributed by atoms with Gasteiger partial charge in [-0.05, 0) is 32.4 Å². The topological polar surface area (TPSA) is 83.1 Å². The normalized spacial score (nSPS) is 11.6. The van der Waals surface area contributed by atoms with Gasteiger partial charge >= 0.3 is 0 Å². The quantitative estimate of drug-likeness (QED) is 0.699. The van der Waals surface area contributed by atoms with Gasteiger partial charge in [-0.25, -0.2) is 4.98 Å². The van der Waals surface area contributed by atoms with Crippen molar-refractivity contribution in [3.8, 4) is 0 Å². The first-order chi connectivity index (χ1) is 9.58. The van der Waals surface area contributed by atoms with Crippen molar-refractivity contribution >= 4 is 17.6 Å². The highest BCUT2D eigenvalue weighted by atomic mass is 16.2. The summed E-state index contributed by atoms with van der Waals surface area (Å²) in [5, 5.41) is 8.40. The van der Waals surface area contributed by atoms with E-state index in [2.05, 4.69) is 20.9 Å². The molecule has 1 aromatic rings. The van der Waals surface area contributed by atoms with Crippen LogP contribution in [0.5, 0.6) is 0 Å². The van der Waals surface area contributed by atoms with E-state index in [1.165, 1.54) is 0 Å². The van der Waals surface area contributed by atoms with Gasteiger partial charge in [-0.15, -0.1) is 0 Å². The van der Waals surface area contributed by atoms with Crippen LogP contribution in [0.15, 0.2) is 18.2 Å². The standard InChI is InChI=1S/C14H22N4O2/c1-4-9-16-13(19)10(3)17-14(20)11-7-6-8-12(18-11)15-5-2/h6-8,10H,4-5,9H2,1-3H3,(H,15,18)(H,16,19)(H,17,20). The van der Waals surface area contributed by atoms with Crippen molar-refractivity contribution < 1.29 is 9.59 Å². The number of carbonyl (C=O) groups excluding carboxylic acids is 2. The second kappa shape index (κ2) is 8.14. The van der Waals surface area contributed by atoms with Crippen LogP contribution in [0, 0.1) is 0 Å². The molecule has 0 aliphatic carbocycles. The van der Waals surface area contributed by atoms with Crippen LogP contribution < -0.4 is 16.0 Å². The highest BCUT2D eigenvalue weighted by Crippen LogP contribution is 2.04. The Labute approximate surface area is 119 Å². The molecule has 0 spiro atoms. The molecule has 0 aromatic carbocycles. The molecular formula is C14H22N4O2. The second-order valence-electron chi connectivity index (χ2n) is 4.42. The van der Waals surface area contributed by atoms with Gasteiger partial charge in [-0.1, -0.05) is 13.0 Å². The van der Waals surface area contributed by atoms with Crippen molar-refractivity contribution in [2.75, 3.05) is 18.4 Å². The van der Waals surface area contributed by atoms with Crippen molar-refractivity contribution in [2.24, 2.45) is 0 Å². The Hall–Kier alpha value is -2.11. The molecule has 1 unspecified atom stereocenters. The molecule has 0 radical (unpaired) electrons. The summed E-state index contributed by atoms with van der Waals surface area (Å²) in [6, 6.07) is 4.57. The molecular weight excluding hydrogens is 256 g/mol. The van der Waals surface area contributed by atoms with E-state index >= 15 is 0 Å². The molecule has 6 heteroatoms. The number of hydrogen-bond donors (Lipinski definition) is 3. The van der Waals surface area contributed by atoms with Crippen molar-refractivity contribution in [3.63, 3.8) is 0 Å². The maximum Gasteiger partial charge on any atom is 0.270 e. The van der Waals surface area contributed by atoms with Gasteiger partial charge in [-0.3, -0.25) is 9.59 Å². The number of carbonyl (C=O) groups is 2. The zero-order valence-electron chi connectivity index (χ0n) is 12.2.